The molecular weight excluding hydrogens is 380 g/mol. The third-order valence-corrected chi connectivity index (χ3v) is 4.94. The van der Waals surface area contributed by atoms with Gasteiger partial charge >= 0.3 is 0 Å². The van der Waals surface area contributed by atoms with Crippen LogP contribution in [0.1, 0.15) is 11.1 Å². The molecule has 2 aromatic rings. The maximum absolute atomic E-state index is 6.24. The number of hydrogen-bond acceptors (Lipinski definition) is 1. The summed E-state index contributed by atoms with van der Waals surface area (Å²) < 4.78 is 0.944. The summed E-state index contributed by atoms with van der Waals surface area (Å²) in [5.74, 6) is 0.840. The fraction of sp³-hybridized carbons (Fsp3) is 0.267. The van der Waals surface area contributed by atoms with Gasteiger partial charge in [-0.1, -0.05) is 23.7 Å². The minimum absolute atomic E-state index is 0.351. The fourth-order valence-electron chi connectivity index (χ4n) is 2.15. The van der Waals surface area contributed by atoms with Crippen LogP contribution in [0.5, 0.6) is 0 Å². The van der Waals surface area contributed by atoms with E-state index in [1.54, 1.807) is 6.20 Å². The quantitative estimate of drug-likeness (QED) is 0.615. The maximum Gasteiger partial charge on any atom is 0.0410 e. The van der Waals surface area contributed by atoms with Crippen molar-refractivity contribution in [3.05, 3.63) is 63.3 Å². The molecule has 0 saturated carbocycles. The van der Waals surface area contributed by atoms with E-state index in [2.05, 4.69) is 20.9 Å². The number of benzene rings is 1. The minimum Gasteiger partial charge on any atom is -0.263 e. The summed E-state index contributed by atoms with van der Waals surface area (Å²) in [6, 6.07) is 9.74. The molecule has 1 heterocycles. The van der Waals surface area contributed by atoms with Crippen molar-refractivity contribution in [1.29, 1.82) is 0 Å². The smallest absolute Gasteiger partial charge is 0.0410 e. The monoisotopic (exact) mass is 391 g/mol. The minimum atomic E-state index is -0.351. The molecule has 0 aliphatic heterocycles. The Morgan fingerprint density at radius 2 is 1.85 bits per heavy atom. The first-order chi connectivity index (χ1) is 9.59. The lowest BCUT2D eigenvalue weighted by molar-refractivity contribution is 0.535. The molecule has 0 fully saturated rings. The zero-order chi connectivity index (χ0) is 14.6. The molecule has 0 saturated heterocycles. The summed E-state index contributed by atoms with van der Waals surface area (Å²) in [5.41, 5.74) is 1.78. The Labute approximate surface area is 142 Å². The summed E-state index contributed by atoms with van der Waals surface area (Å²) in [6.45, 7) is 0. The lowest BCUT2D eigenvalue weighted by Crippen LogP contribution is -2.33. The van der Waals surface area contributed by atoms with Gasteiger partial charge in [-0.05, 0) is 51.7 Å². The maximum atomic E-state index is 6.24. The molecular formula is C15H13BrCl3N. The Bertz CT molecular complexity index is 585. The highest BCUT2D eigenvalue weighted by Gasteiger charge is 2.31. The second-order valence-electron chi connectivity index (χ2n) is 4.75. The van der Waals surface area contributed by atoms with E-state index in [9.17, 15) is 0 Å². The van der Waals surface area contributed by atoms with Gasteiger partial charge < -0.3 is 0 Å². The summed E-state index contributed by atoms with van der Waals surface area (Å²) in [7, 11) is 0. The van der Waals surface area contributed by atoms with Crippen LogP contribution in [-0.4, -0.2) is 16.7 Å². The normalized spacial score (nSPS) is 11.6. The molecule has 0 N–H and O–H groups in total. The number of rotatable bonds is 5. The van der Waals surface area contributed by atoms with Gasteiger partial charge in [0.25, 0.3) is 0 Å². The second-order valence-corrected chi connectivity index (χ2v) is 6.63. The molecule has 106 valence electrons. The van der Waals surface area contributed by atoms with Gasteiger partial charge in [-0.3, -0.25) is 4.98 Å². The third-order valence-electron chi connectivity index (χ3n) is 3.25. The molecule has 20 heavy (non-hydrogen) atoms. The van der Waals surface area contributed by atoms with Crippen LogP contribution < -0.4 is 0 Å². The van der Waals surface area contributed by atoms with Crippen LogP contribution in [0.25, 0.3) is 0 Å². The van der Waals surface area contributed by atoms with Gasteiger partial charge in [-0.15, -0.1) is 23.2 Å². The Morgan fingerprint density at radius 3 is 2.45 bits per heavy atom. The lowest BCUT2D eigenvalue weighted by Gasteiger charge is -2.30. The lowest BCUT2D eigenvalue weighted by atomic mass is 9.79. The SMILES string of the molecule is ClCC(CCl)(Cc1cncc(Br)c1)c1cccc(Cl)c1. The van der Waals surface area contributed by atoms with Crippen LogP contribution in [0.3, 0.4) is 0 Å². The van der Waals surface area contributed by atoms with Crippen molar-refractivity contribution in [3.63, 3.8) is 0 Å². The fourth-order valence-corrected chi connectivity index (χ4v) is 3.53. The molecule has 0 atom stereocenters. The zero-order valence-electron chi connectivity index (χ0n) is 10.6. The molecule has 5 heteroatoms. The molecule has 0 aliphatic carbocycles. The second kappa shape index (κ2) is 7.13. The first-order valence-corrected chi connectivity index (χ1v) is 8.31. The summed E-state index contributed by atoms with van der Waals surface area (Å²) in [5, 5.41) is 0.689. The van der Waals surface area contributed by atoms with Crippen LogP contribution in [0, 0.1) is 0 Å². The molecule has 0 bridgehead atoms. The van der Waals surface area contributed by atoms with E-state index in [4.69, 9.17) is 34.8 Å². The molecule has 0 radical (unpaired) electrons. The zero-order valence-corrected chi connectivity index (χ0v) is 14.5. The van der Waals surface area contributed by atoms with Crippen LogP contribution in [0.15, 0.2) is 47.2 Å². The highest BCUT2D eigenvalue weighted by Crippen LogP contribution is 2.33. The van der Waals surface area contributed by atoms with Gasteiger partial charge in [0.1, 0.15) is 0 Å². The molecule has 1 aromatic carbocycles. The number of aromatic nitrogens is 1. The third kappa shape index (κ3) is 3.67. The van der Waals surface area contributed by atoms with Crippen molar-refractivity contribution in [2.45, 2.75) is 11.8 Å². The number of alkyl halides is 2. The summed E-state index contributed by atoms with van der Waals surface area (Å²) in [4.78, 5) is 4.19. The highest BCUT2D eigenvalue weighted by atomic mass is 79.9. The van der Waals surface area contributed by atoms with Crippen LogP contribution in [-0.2, 0) is 11.8 Å². The van der Waals surface area contributed by atoms with Gasteiger partial charge in [0.05, 0.1) is 0 Å². The predicted octanol–water partition coefficient (Wildman–Crippen LogP) is 5.46. The van der Waals surface area contributed by atoms with Gasteiger partial charge in [-0.25, -0.2) is 0 Å². The topological polar surface area (TPSA) is 12.9 Å². The van der Waals surface area contributed by atoms with E-state index < -0.39 is 0 Å². The molecule has 2 rings (SSSR count). The first kappa shape index (κ1) is 16.1. The molecule has 0 aliphatic rings. The average Bonchev–Trinajstić information content (AvgIpc) is 2.45. The van der Waals surface area contributed by atoms with E-state index in [1.807, 2.05) is 36.5 Å². The molecule has 0 unspecified atom stereocenters. The van der Waals surface area contributed by atoms with Crippen molar-refractivity contribution in [1.82, 2.24) is 4.98 Å². The Morgan fingerprint density at radius 1 is 1.10 bits per heavy atom. The number of pyridine rings is 1. The van der Waals surface area contributed by atoms with E-state index in [1.165, 1.54) is 0 Å². The van der Waals surface area contributed by atoms with Crippen LogP contribution in [0.4, 0.5) is 0 Å². The predicted molar refractivity (Wildman–Crippen MR) is 90.2 cm³/mol. The van der Waals surface area contributed by atoms with Gasteiger partial charge in [-0.2, -0.15) is 0 Å². The van der Waals surface area contributed by atoms with Crippen molar-refractivity contribution in [2.75, 3.05) is 11.8 Å². The summed E-state index contributed by atoms with van der Waals surface area (Å²) >= 11 is 22.0. The number of hydrogen-bond donors (Lipinski definition) is 0. The molecule has 1 aromatic heterocycles. The first-order valence-electron chi connectivity index (χ1n) is 6.07. The molecule has 0 spiro atoms. The standard InChI is InChI=1S/C15H13BrCl3N/c16-13-4-11(7-20-8-13)6-15(9-17,10-18)12-2-1-3-14(19)5-12/h1-5,7-8H,6,9-10H2. The average molecular weight is 394 g/mol. The van der Waals surface area contributed by atoms with E-state index in [0.717, 1.165) is 15.6 Å². The van der Waals surface area contributed by atoms with E-state index in [-0.39, 0.29) is 5.41 Å². The highest BCUT2D eigenvalue weighted by molar-refractivity contribution is 9.10. The van der Waals surface area contributed by atoms with Crippen LogP contribution in [0.2, 0.25) is 5.02 Å². The largest absolute Gasteiger partial charge is 0.263 e. The number of halogens is 4. The van der Waals surface area contributed by atoms with Crippen molar-refractivity contribution >= 4 is 50.7 Å². The Kier molecular flexibility index (Phi) is 5.74. The Hall–Kier alpha value is -0.280. The Balaban J connectivity index is 2.39. The summed E-state index contributed by atoms with van der Waals surface area (Å²) in [6.07, 6.45) is 4.31. The molecule has 0 amide bonds. The van der Waals surface area contributed by atoms with Gasteiger partial charge in [0, 0.05) is 39.1 Å². The molecule has 1 nitrogen and oxygen atoms in total. The van der Waals surface area contributed by atoms with Crippen LogP contribution >= 0.6 is 50.7 Å². The van der Waals surface area contributed by atoms with Gasteiger partial charge in [0.2, 0.25) is 0 Å². The van der Waals surface area contributed by atoms with E-state index in [0.29, 0.717) is 23.2 Å². The van der Waals surface area contributed by atoms with E-state index >= 15 is 0 Å². The number of nitrogens with zero attached hydrogens (tertiary/aromatic N) is 1. The van der Waals surface area contributed by atoms with Crippen molar-refractivity contribution < 1.29 is 0 Å². The van der Waals surface area contributed by atoms with Gasteiger partial charge in [0.15, 0.2) is 0 Å². The van der Waals surface area contributed by atoms with Crippen molar-refractivity contribution in [2.24, 2.45) is 0 Å². The van der Waals surface area contributed by atoms with Crippen molar-refractivity contribution in [3.8, 4) is 0 Å².